The maximum Gasteiger partial charge on any atom is 0.225 e. The third kappa shape index (κ3) is 5.28. The number of morpholine rings is 1. The Bertz CT molecular complexity index is 572. The Morgan fingerprint density at radius 2 is 1.96 bits per heavy atom. The second-order valence-corrected chi connectivity index (χ2v) is 7.37. The van der Waals surface area contributed by atoms with Crippen LogP contribution in [0.4, 0.5) is 5.95 Å². The Kier molecular flexibility index (Phi) is 6.62. The van der Waals surface area contributed by atoms with Crippen LogP contribution < -0.4 is 10.6 Å². The smallest absolute Gasteiger partial charge is 0.225 e. The van der Waals surface area contributed by atoms with Gasteiger partial charge in [-0.1, -0.05) is 13.8 Å². The van der Waals surface area contributed by atoms with Crippen molar-refractivity contribution in [2.24, 2.45) is 16.6 Å². The van der Waals surface area contributed by atoms with Crippen molar-refractivity contribution in [1.29, 1.82) is 0 Å². The lowest BCUT2D eigenvalue weighted by atomic mass is 10.2. The summed E-state index contributed by atoms with van der Waals surface area (Å²) in [5.41, 5.74) is 6.22. The molecule has 1 aromatic rings. The zero-order valence-corrected chi connectivity index (χ0v) is 15.9. The fraction of sp³-hybridized carbons (Fsp3) is 0.722. The number of anilines is 1. The van der Waals surface area contributed by atoms with Crippen LogP contribution in [-0.4, -0.2) is 90.8 Å². The molecule has 2 aliphatic rings. The van der Waals surface area contributed by atoms with E-state index in [4.69, 9.17) is 10.5 Å². The maximum absolute atomic E-state index is 6.22. The highest BCUT2D eigenvalue weighted by Gasteiger charge is 2.22. The Morgan fingerprint density at radius 1 is 1.23 bits per heavy atom. The summed E-state index contributed by atoms with van der Waals surface area (Å²) in [5, 5.41) is 0. The van der Waals surface area contributed by atoms with E-state index < -0.39 is 0 Å². The van der Waals surface area contributed by atoms with Gasteiger partial charge in [0.15, 0.2) is 5.96 Å². The molecule has 144 valence electrons. The molecule has 2 N–H and O–H groups in total. The Hall–Kier alpha value is -1.93. The van der Waals surface area contributed by atoms with Gasteiger partial charge in [0.05, 0.1) is 19.3 Å². The summed E-state index contributed by atoms with van der Waals surface area (Å²) in [6.45, 7) is 12.3. The fourth-order valence-electron chi connectivity index (χ4n) is 3.46. The highest BCUT2D eigenvalue weighted by atomic mass is 16.5. The van der Waals surface area contributed by atoms with Crippen molar-refractivity contribution >= 4 is 11.9 Å². The van der Waals surface area contributed by atoms with Gasteiger partial charge in [0.25, 0.3) is 0 Å². The lowest BCUT2D eigenvalue weighted by Gasteiger charge is -2.36. The molecular weight excluding hydrogens is 330 g/mol. The zero-order chi connectivity index (χ0) is 18.4. The molecule has 0 saturated carbocycles. The van der Waals surface area contributed by atoms with Gasteiger partial charge >= 0.3 is 0 Å². The number of nitrogens with two attached hydrogens (primary N) is 1. The molecule has 2 aliphatic heterocycles. The van der Waals surface area contributed by atoms with Crippen molar-refractivity contribution in [2.45, 2.75) is 20.0 Å². The van der Waals surface area contributed by atoms with E-state index in [1.807, 2.05) is 6.07 Å². The monoisotopic (exact) mass is 361 g/mol. The summed E-state index contributed by atoms with van der Waals surface area (Å²) in [7, 11) is 0. The Balaban J connectivity index is 1.45. The molecule has 3 heterocycles. The standard InChI is InChI=1S/C18H31N7O/c1-15(2)13-23-10-11-26-16(14-23)12-22-17(19)24-6-8-25(9-7-24)18-20-4-3-5-21-18/h3-5,15-16H,6-14H2,1-2H3,(H2,19,22). The van der Waals surface area contributed by atoms with Crippen LogP contribution >= 0.6 is 0 Å². The molecule has 2 saturated heterocycles. The van der Waals surface area contributed by atoms with Crippen LogP contribution in [0.1, 0.15) is 13.8 Å². The summed E-state index contributed by atoms with van der Waals surface area (Å²) in [6.07, 6.45) is 3.69. The number of rotatable bonds is 5. The lowest BCUT2D eigenvalue weighted by Crippen LogP contribution is -2.52. The minimum absolute atomic E-state index is 0.139. The first kappa shape index (κ1) is 18.8. The third-order valence-corrected chi connectivity index (χ3v) is 4.74. The van der Waals surface area contributed by atoms with E-state index in [-0.39, 0.29) is 6.10 Å². The van der Waals surface area contributed by atoms with E-state index >= 15 is 0 Å². The molecule has 0 spiro atoms. The molecule has 1 atom stereocenters. The third-order valence-electron chi connectivity index (χ3n) is 4.74. The molecule has 0 amide bonds. The van der Waals surface area contributed by atoms with Crippen LogP contribution in [0.2, 0.25) is 0 Å². The molecule has 0 bridgehead atoms. The summed E-state index contributed by atoms with van der Waals surface area (Å²) < 4.78 is 5.85. The van der Waals surface area contributed by atoms with Crippen molar-refractivity contribution in [3.8, 4) is 0 Å². The minimum Gasteiger partial charge on any atom is -0.374 e. The van der Waals surface area contributed by atoms with Gasteiger partial charge in [-0.05, 0) is 12.0 Å². The molecule has 0 aromatic carbocycles. The first-order valence-electron chi connectivity index (χ1n) is 9.52. The number of nitrogens with zero attached hydrogens (tertiary/aromatic N) is 6. The van der Waals surface area contributed by atoms with Crippen LogP contribution in [0.25, 0.3) is 0 Å². The molecule has 0 radical (unpaired) electrons. The van der Waals surface area contributed by atoms with E-state index in [2.05, 4.69) is 43.5 Å². The van der Waals surface area contributed by atoms with Crippen LogP contribution in [0.3, 0.4) is 0 Å². The summed E-state index contributed by atoms with van der Waals surface area (Å²) in [4.78, 5) is 20.0. The second kappa shape index (κ2) is 9.14. The topological polar surface area (TPSA) is 83.1 Å². The zero-order valence-electron chi connectivity index (χ0n) is 15.9. The largest absolute Gasteiger partial charge is 0.374 e. The molecule has 2 fully saturated rings. The predicted octanol–water partition coefficient (Wildman–Crippen LogP) is 0.270. The quantitative estimate of drug-likeness (QED) is 0.595. The summed E-state index contributed by atoms with van der Waals surface area (Å²) in [5.74, 6) is 2.07. The van der Waals surface area contributed by atoms with Crippen molar-refractivity contribution in [3.63, 3.8) is 0 Å². The van der Waals surface area contributed by atoms with Crippen molar-refractivity contribution in [2.75, 3.05) is 63.9 Å². The van der Waals surface area contributed by atoms with Crippen LogP contribution in [0, 0.1) is 5.92 Å². The molecule has 1 aromatic heterocycles. The second-order valence-electron chi connectivity index (χ2n) is 7.37. The van der Waals surface area contributed by atoms with Gasteiger partial charge < -0.3 is 20.3 Å². The molecule has 0 aliphatic carbocycles. The van der Waals surface area contributed by atoms with Gasteiger partial charge in [0.2, 0.25) is 5.95 Å². The van der Waals surface area contributed by atoms with Gasteiger partial charge in [0.1, 0.15) is 0 Å². The van der Waals surface area contributed by atoms with Gasteiger partial charge in [-0.15, -0.1) is 0 Å². The minimum atomic E-state index is 0.139. The van der Waals surface area contributed by atoms with E-state index in [0.717, 1.165) is 58.4 Å². The van der Waals surface area contributed by atoms with Crippen LogP contribution in [0.5, 0.6) is 0 Å². The normalized spacial score (nSPS) is 22.9. The highest BCUT2D eigenvalue weighted by molar-refractivity contribution is 5.78. The Morgan fingerprint density at radius 3 is 2.65 bits per heavy atom. The van der Waals surface area contributed by atoms with E-state index in [0.29, 0.717) is 18.4 Å². The summed E-state index contributed by atoms with van der Waals surface area (Å²) >= 11 is 0. The van der Waals surface area contributed by atoms with E-state index in [1.54, 1.807) is 12.4 Å². The van der Waals surface area contributed by atoms with Crippen molar-refractivity contribution in [1.82, 2.24) is 19.8 Å². The number of aliphatic imine (C=N–C) groups is 1. The number of piperazine rings is 1. The highest BCUT2D eigenvalue weighted by Crippen LogP contribution is 2.11. The van der Waals surface area contributed by atoms with Crippen LogP contribution in [0.15, 0.2) is 23.5 Å². The van der Waals surface area contributed by atoms with Gasteiger partial charge in [-0.3, -0.25) is 9.89 Å². The van der Waals surface area contributed by atoms with Crippen molar-refractivity contribution in [3.05, 3.63) is 18.5 Å². The molecule has 8 nitrogen and oxygen atoms in total. The predicted molar refractivity (Wildman–Crippen MR) is 103 cm³/mol. The average Bonchev–Trinajstić information content (AvgIpc) is 2.67. The summed E-state index contributed by atoms with van der Waals surface area (Å²) in [6, 6.07) is 1.83. The van der Waals surface area contributed by atoms with E-state index in [1.165, 1.54) is 0 Å². The first-order chi connectivity index (χ1) is 12.6. The van der Waals surface area contributed by atoms with Gasteiger partial charge in [0, 0.05) is 58.2 Å². The average molecular weight is 361 g/mol. The maximum atomic E-state index is 6.22. The first-order valence-corrected chi connectivity index (χ1v) is 9.52. The number of guanidine groups is 1. The number of ether oxygens (including phenoxy) is 1. The van der Waals surface area contributed by atoms with Crippen molar-refractivity contribution < 1.29 is 4.74 Å². The number of hydrogen-bond donors (Lipinski definition) is 1. The molecule has 3 rings (SSSR count). The Labute approximate surface area is 156 Å². The van der Waals surface area contributed by atoms with Gasteiger partial charge in [-0.25, -0.2) is 9.97 Å². The SMILES string of the molecule is CC(C)CN1CCOC(CN=C(N)N2CCN(c3ncccn3)CC2)C1. The fourth-order valence-corrected chi connectivity index (χ4v) is 3.46. The number of hydrogen-bond acceptors (Lipinski definition) is 6. The number of aromatic nitrogens is 2. The lowest BCUT2D eigenvalue weighted by molar-refractivity contribution is -0.0262. The molecule has 1 unspecified atom stereocenters. The van der Waals surface area contributed by atoms with Gasteiger partial charge in [-0.2, -0.15) is 0 Å². The molecule has 26 heavy (non-hydrogen) atoms. The molecular formula is C18H31N7O. The van der Waals surface area contributed by atoms with Crippen LogP contribution in [-0.2, 0) is 4.74 Å². The molecule has 8 heteroatoms. The van der Waals surface area contributed by atoms with E-state index in [9.17, 15) is 0 Å².